The minimum Gasteiger partial charge on any atom is -0.466 e. The molecule has 18 heavy (non-hydrogen) atoms. The van der Waals surface area contributed by atoms with Crippen LogP contribution >= 0.6 is 0 Å². The van der Waals surface area contributed by atoms with Gasteiger partial charge in [0.25, 0.3) is 5.91 Å². The van der Waals surface area contributed by atoms with Crippen LogP contribution in [0, 0.1) is 6.92 Å². The van der Waals surface area contributed by atoms with E-state index < -0.39 is 0 Å². The third-order valence-corrected chi connectivity index (χ3v) is 2.88. The van der Waals surface area contributed by atoms with Crippen LogP contribution in [0.2, 0.25) is 0 Å². The van der Waals surface area contributed by atoms with E-state index in [2.05, 4.69) is 20.2 Å². The van der Waals surface area contributed by atoms with E-state index in [0.717, 1.165) is 13.1 Å². The summed E-state index contributed by atoms with van der Waals surface area (Å²) in [6.45, 7) is 4.63. The van der Waals surface area contributed by atoms with Crippen molar-refractivity contribution in [2.24, 2.45) is 0 Å². The molecule has 1 fully saturated rings. The lowest BCUT2D eigenvalue weighted by molar-refractivity contribution is -0.118. The smallest absolute Gasteiger partial charge is 0.262 e. The molecule has 3 rings (SSSR count). The van der Waals surface area contributed by atoms with E-state index in [9.17, 15) is 4.79 Å². The standard InChI is InChI=1S/C11H14N4O3/c1-7-12-10(15-2-4-17-5-3-15)9-11(13-7)18-6-8(16)14-9/h2-6H2,1H3,(H,14,16). The molecule has 0 radical (unpaired) electrons. The van der Waals surface area contributed by atoms with Crippen LogP contribution in [0.4, 0.5) is 11.5 Å². The number of aromatic nitrogens is 2. The second kappa shape index (κ2) is 4.41. The number of rotatable bonds is 1. The van der Waals surface area contributed by atoms with Crippen molar-refractivity contribution >= 4 is 17.4 Å². The quantitative estimate of drug-likeness (QED) is 0.753. The van der Waals surface area contributed by atoms with Gasteiger partial charge < -0.3 is 19.7 Å². The first-order chi connectivity index (χ1) is 8.74. The number of nitrogens with one attached hydrogen (secondary N) is 1. The summed E-state index contributed by atoms with van der Waals surface area (Å²) >= 11 is 0. The maximum absolute atomic E-state index is 11.4. The fourth-order valence-corrected chi connectivity index (χ4v) is 2.06. The van der Waals surface area contributed by atoms with Crippen LogP contribution in [0.3, 0.4) is 0 Å². The SMILES string of the molecule is Cc1nc2c(c(N3CCOCC3)n1)NC(=O)CO2. The Labute approximate surface area is 104 Å². The molecule has 0 aliphatic carbocycles. The predicted molar refractivity (Wildman–Crippen MR) is 63.9 cm³/mol. The van der Waals surface area contributed by atoms with E-state index in [-0.39, 0.29) is 12.5 Å². The Morgan fingerprint density at radius 1 is 1.28 bits per heavy atom. The third kappa shape index (κ3) is 1.97. The highest BCUT2D eigenvalue weighted by molar-refractivity contribution is 5.98. The fourth-order valence-electron chi connectivity index (χ4n) is 2.06. The van der Waals surface area contributed by atoms with Gasteiger partial charge in [0, 0.05) is 13.1 Å². The molecule has 0 bridgehead atoms. The number of amides is 1. The fraction of sp³-hybridized carbons (Fsp3) is 0.545. The van der Waals surface area contributed by atoms with Gasteiger partial charge in [0.2, 0.25) is 5.88 Å². The molecule has 1 saturated heterocycles. The van der Waals surface area contributed by atoms with Gasteiger partial charge in [0.05, 0.1) is 13.2 Å². The van der Waals surface area contributed by atoms with Crippen molar-refractivity contribution in [3.8, 4) is 5.88 Å². The van der Waals surface area contributed by atoms with Gasteiger partial charge in [-0.3, -0.25) is 4.79 Å². The molecule has 1 amide bonds. The first-order valence-corrected chi connectivity index (χ1v) is 5.88. The molecule has 0 unspecified atom stereocenters. The Bertz CT molecular complexity index is 485. The Balaban J connectivity index is 2.01. The molecule has 7 nitrogen and oxygen atoms in total. The Morgan fingerprint density at radius 2 is 2.06 bits per heavy atom. The van der Waals surface area contributed by atoms with Crippen molar-refractivity contribution in [3.05, 3.63) is 5.82 Å². The average Bonchev–Trinajstić information content (AvgIpc) is 2.39. The van der Waals surface area contributed by atoms with E-state index in [0.29, 0.717) is 36.4 Å². The number of ether oxygens (including phenoxy) is 2. The van der Waals surface area contributed by atoms with Gasteiger partial charge in [-0.1, -0.05) is 0 Å². The van der Waals surface area contributed by atoms with Gasteiger partial charge >= 0.3 is 0 Å². The normalized spacial score (nSPS) is 18.9. The van der Waals surface area contributed by atoms with Crippen molar-refractivity contribution in [1.29, 1.82) is 0 Å². The summed E-state index contributed by atoms with van der Waals surface area (Å²) in [6.07, 6.45) is 0. The van der Waals surface area contributed by atoms with Gasteiger partial charge in [-0.2, -0.15) is 4.98 Å². The predicted octanol–water partition coefficient (Wildman–Crippen LogP) is -0.0475. The summed E-state index contributed by atoms with van der Waals surface area (Å²) in [7, 11) is 0. The molecule has 0 spiro atoms. The zero-order valence-electron chi connectivity index (χ0n) is 10.1. The number of nitrogens with zero attached hydrogens (tertiary/aromatic N) is 3. The highest BCUT2D eigenvalue weighted by Gasteiger charge is 2.26. The monoisotopic (exact) mass is 250 g/mol. The highest BCUT2D eigenvalue weighted by Crippen LogP contribution is 2.34. The van der Waals surface area contributed by atoms with Crippen LogP contribution in [0.5, 0.6) is 5.88 Å². The summed E-state index contributed by atoms with van der Waals surface area (Å²) < 4.78 is 10.6. The molecule has 3 heterocycles. The molecule has 2 aliphatic heterocycles. The molecular formula is C11H14N4O3. The molecule has 1 aromatic rings. The first-order valence-electron chi connectivity index (χ1n) is 5.88. The number of hydrogen-bond donors (Lipinski definition) is 1. The van der Waals surface area contributed by atoms with Crippen molar-refractivity contribution in [3.63, 3.8) is 0 Å². The number of fused-ring (bicyclic) bond motifs is 1. The van der Waals surface area contributed by atoms with E-state index in [4.69, 9.17) is 9.47 Å². The highest BCUT2D eigenvalue weighted by atomic mass is 16.5. The first kappa shape index (κ1) is 11.2. The Hall–Kier alpha value is -1.89. The summed E-state index contributed by atoms with van der Waals surface area (Å²) in [6, 6.07) is 0. The van der Waals surface area contributed by atoms with Gasteiger partial charge in [0.15, 0.2) is 12.4 Å². The van der Waals surface area contributed by atoms with Gasteiger partial charge in [0.1, 0.15) is 11.5 Å². The maximum atomic E-state index is 11.4. The van der Waals surface area contributed by atoms with Crippen LogP contribution in [0.15, 0.2) is 0 Å². The number of carbonyl (C=O) groups excluding carboxylic acids is 1. The van der Waals surface area contributed by atoms with Crippen molar-refractivity contribution in [2.75, 3.05) is 43.1 Å². The molecule has 7 heteroatoms. The van der Waals surface area contributed by atoms with Crippen LogP contribution in [0.25, 0.3) is 0 Å². The van der Waals surface area contributed by atoms with Crippen LogP contribution in [0.1, 0.15) is 5.82 Å². The van der Waals surface area contributed by atoms with E-state index >= 15 is 0 Å². The molecule has 1 N–H and O–H groups in total. The number of anilines is 2. The molecule has 0 aromatic carbocycles. The minimum absolute atomic E-state index is 0.00596. The molecule has 0 atom stereocenters. The Morgan fingerprint density at radius 3 is 2.83 bits per heavy atom. The lowest BCUT2D eigenvalue weighted by Crippen LogP contribution is -2.38. The van der Waals surface area contributed by atoms with E-state index in [1.165, 1.54) is 0 Å². The molecule has 96 valence electrons. The second-order valence-electron chi connectivity index (χ2n) is 4.21. The van der Waals surface area contributed by atoms with E-state index in [1.54, 1.807) is 0 Å². The van der Waals surface area contributed by atoms with Crippen LogP contribution < -0.4 is 15.0 Å². The molecular weight excluding hydrogens is 236 g/mol. The summed E-state index contributed by atoms with van der Waals surface area (Å²) in [5.74, 6) is 1.62. The summed E-state index contributed by atoms with van der Waals surface area (Å²) in [5.41, 5.74) is 0.568. The largest absolute Gasteiger partial charge is 0.466 e. The average molecular weight is 250 g/mol. The number of hydrogen-bond acceptors (Lipinski definition) is 6. The number of aryl methyl sites for hydroxylation is 1. The lowest BCUT2D eigenvalue weighted by atomic mass is 10.3. The zero-order chi connectivity index (χ0) is 12.5. The molecule has 1 aromatic heterocycles. The number of morpholine rings is 1. The summed E-state index contributed by atoms with van der Waals surface area (Å²) in [4.78, 5) is 22.1. The lowest BCUT2D eigenvalue weighted by Gasteiger charge is -2.30. The third-order valence-electron chi connectivity index (χ3n) is 2.88. The minimum atomic E-state index is -0.176. The topological polar surface area (TPSA) is 76.6 Å². The van der Waals surface area contributed by atoms with Crippen LogP contribution in [-0.4, -0.2) is 48.8 Å². The molecule has 0 saturated carbocycles. The number of carbonyl (C=O) groups is 1. The van der Waals surface area contributed by atoms with E-state index in [1.807, 2.05) is 6.92 Å². The van der Waals surface area contributed by atoms with Gasteiger partial charge in [-0.05, 0) is 6.92 Å². The summed E-state index contributed by atoms with van der Waals surface area (Å²) in [5, 5.41) is 2.78. The van der Waals surface area contributed by atoms with Gasteiger partial charge in [-0.25, -0.2) is 4.98 Å². The van der Waals surface area contributed by atoms with Crippen molar-refractivity contribution < 1.29 is 14.3 Å². The second-order valence-corrected chi connectivity index (χ2v) is 4.21. The Kier molecular flexibility index (Phi) is 2.75. The van der Waals surface area contributed by atoms with Crippen LogP contribution in [-0.2, 0) is 9.53 Å². The maximum Gasteiger partial charge on any atom is 0.262 e. The van der Waals surface area contributed by atoms with Crippen molar-refractivity contribution in [1.82, 2.24) is 9.97 Å². The zero-order valence-corrected chi connectivity index (χ0v) is 10.1. The van der Waals surface area contributed by atoms with Crippen molar-refractivity contribution in [2.45, 2.75) is 6.92 Å². The van der Waals surface area contributed by atoms with Gasteiger partial charge in [-0.15, -0.1) is 0 Å². The molecule has 2 aliphatic rings.